The summed E-state index contributed by atoms with van der Waals surface area (Å²) in [6.45, 7) is 7.80. The summed E-state index contributed by atoms with van der Waals surface area (Å²) >= 11 is 1.60. The summed E-state index contributed by atoms with van der Waals surface area (Å²) in [7, 11) is 0. The zero-order valence-electron chi connectivity index (χ0n) is 18.0. The number of aryl methyl sites for hydroxylation is 3. The highest BCUT2D eigenvalue weighted by atomic mass is 32.1. The number of nitrogens with zero attached hydrogens (tertiary/aromatic N) is 3. The number of aromatic nitrogens is 2. The molecule has 1 fully saturated rings. The van der Waals surface area contributed by atoms with E-state index >= 15 is 0 Å². The van der Waals surface area contributed by atoms with Gasteiger partial charge in [-0.1, -0.05) is 24.3 Å². The normalized spacial score (nSPS) is 16.6. The predicted octanol–water partition coefficient (Wildman–Crippen LogP) is 5.00. The molecule has 0 aliphatic carbocycles. The maximum absolute atomic E-state index is 12.8. The molecular weight excluding hydrogens is 390 g/mol. The molecule has 1 aliphatic heterocycles. The standard InChI is InChI=1S/C25H29N3OS/c1-17-7-4-5-8-21(17)12-20-11-18(2)26-24(13-20)22-9-6-10-28(15-22)25(29)14-23-16-30-19(3)27-23/h4-5,7-8,11,13,16,22H,6,9-10,12,14-15H2,1-3H3/t22-/m0/s1. The Kier molecular flexibility index (Phi) is 6.28. The van der Waals surface area contributed by atoms with Crippen molar-refractivity contribution in [1.82, 2.24) is 14.9 Å². The zero-order chi connectivity index (χ0) is 21.1. The first kappa shape index (κ1) is 20.7. The van der Waals surface area contributed by atoms with Crippen LogP contribution in [0.5, 0.6) is 0 Å². The van der Waals surface area contributed by atoms with Crippen LogP contribution >= 0.6 is 11.3 Å². The molecule has 0 N–H and O–H groups in total. The Balaban J connectivity index is 1.48. The number of piperidine rings is 1. The van der Waals surface area contributed by atoms with Gasteiger partial charge in [-0.3, -0.25) is 9.78 Å². The van der Waals surface area contributed by atoms with Gasteiger partial charge in [-0.15, -0.1) is 11.3 Å². The van der Waals surface area contributed by atoms with Gasteiger partial charge in [0, 0.05) is 35.8 Å². The number of hydrogen-bond donors (Lipinski definition) is 0. The monoisotopic (exact) mass is 419 g/mol. The zero-order valence-corrected chi connectivity index (χ0v) is 18.8. The molecule has 3 aromatic rings. The molecule has 1 aromatic carbocycles. The van der Waals surface area contributed by atoms with E-state index in [2.05, 4.69) is 55.2 Å². The predicted molar refractivity (Wildman–Crippen MR) is 122 cm³/mol. The van der Waals surface area contributed by atoms with Crippen molar-refractivity contribution in [2.75, 3.05) is 13.1 Å². The molecule has 0 bridgehead atoms. The van der Waals surface area contributed by atoms with Crippen LogP contribution < -0.4 is 0 Å². The number of thiazole rings is 1. The van der Waals surface area contributed by atoms with Gasteiger partial charge < -0.3 is 4.90 Å². The van der Waals surface area contributed by atoms with Crippen molar-refractivity contribution >= 4 is 17.2 Å². The van der Waals surface area contributed by atoms with Crippen LogP contribution in [-0.4, -0.2) is 33.9 Å². The number of carbonyl (C=O) groups is 1. The number of hydrogen-bond acceptors (Lipinski definition) is 4. The second-order valence-electron chi connectivity index (χ2n) is 8.36. The highest BCUT2D eigenvalue weighted by Crippen LogP contribution is 2.28. The summed E-state index contributed by atoms with van der Waals surface area (Å²) in [4.78, 5) is 24.1. The fourth-order valence-electron chi connectivity index (χ4n) is 4.31. The summed E-state index contributed by atoms with van der Waals surface area (Å²) in [5.41, 5.74) is 7.04. The molecule has 5 heteroatoms. The molecule has 0 saturated carbocycles. The van der Waals surface area contributed by atoms with Crippen molar-refractivity contribution in [2.24, 2.45) is 0 Å². The average molecular weight is 420 g/mol. The fraction of sp³-hybridized carbons (Fsp3) is 0.400. The molecule has 0 spiro atoms. The van der Waals surface area contributed by atoms with Gasteiger partial charge in [-0.2, -0.15) is 0 Å². The Morgan fingerprint density at radius 1 is 1.17 bits per heavy atom. The van der Waals surface area contributed by atoms with Gasteiger partial charge in [0.15, 0.2) is 0 Å². The lowest BCUT2D eigenvalue weighted by molar-refractivity contribution is -0.131. The first-order valence-corrected chi connectivity index (χ1v) is 11.6. The summed E-state index contributed by atoms with van der Waals surface area (Å²) in [6.07, 6.45) is 3.42. The van der Waals surface area contributed by atoms with E-state index in [9.17, 15) is 4.79 Å². The van der Waals surface area contributed by atoms with Crippen molar-refractivity contribution in [1.29, 1.82) is 0 Å². The Hall–Kier alpha value is -2.53. The number of benzene rings is 1. The van der Waals surface area contributed by atoms with Crippen molar-refractivity contribution in [3.05, 3.63) is 80.6 Å². The molecular formula is C25H29N3OS. The van der Waals surface area contributed by atoms with E-state index in [4.69, 9.17) is 4.98 Å². The van der Waals surface area contributed by atoms with Crippen LogP contribution in [0.15, 0.2) is 41.8 Å². The number of carbonyl (C=O) groups excluding carboxylic acids is 1. The molecule has 1 atom stereocenters. The first-order valence-electron chi connectivity index (χ1n) is 10.7. The lowest BCUT2D eigenvalue weighted by atomic mass is 9.91. The lowest BCUT2D eigenvalue weighted by Gasteiger charge is -2.32. The van der Waals surface area contributed by atoms with Crippen LogP contribution in [0.3, 0.4) is 0 Å². The minimum atomic E-state index is 0.179. The van der Waals surface area contributed by atoms with E-state index in [1.807, 2.05) is 17.2 Å². The summed E-state index contributed by atoms with van der Waals surface area (Å²) in [6, 6.07) is 13.0. The Bertz CT molecular complexity index is 1040. The van der Waals surface area contributed by atoms with E-state index in [-0.39, 0.29) is 5.91 Å². The topological polar surface area (TPSA) is 46.1 Å². The number of likely N-dealkylation sites (tertiary alicyclic amines) is 1. The van der Waals surface area contributed by atoms with Crippen molar-refractivity contribution in [2.45, 2.75) is 52.4 Å². The van der Waals surface area contributed by atoms with Crippen LogP contribution in [0.2, 0.25) is 0 Å². The van der Waals surface area contributed by atoms with Crippen LogP contribution in [-0.2, 0) is 17.6 Å². The third-order valence-electron chi connectivity index (χ3n) is 5.88. The van der Waals surface area contributed by atoms with Gasteiger partial charge >= 0.3 is 0 Å². The summed E-state index contributed by atoms with van der Waals surface area (Å²) in [5, 5.41) is 3.01. The molecule has 2 aromatic heterocycles. The van der Waals surface area contributed by atoms with Gasteiger partial charge in [0.25, 0.3) is 0 Å². The number of amides is 1. The van der Waals surface area contributed by atoms with Crippen molar-refractivity contribution < 1.29 is 4.79 Å². The molecule has 1 saturated heterocycles. The molecule has 30 heavy (non-hydrogen) atoms. The second-order valence-corrected chi connectivity index (χ2v) is 9.42. The van der Waals surface area contributed by atoms with Gasteiger partial charge in [-0.05, 0) is 68.9 Å². The lowest BCUT2D eigenvalue weighted by Crippen LogP contribution is -2.40. The number of pyridine rings is 1. The third kappa shape index (κ3) is 4.96. The van der Waals surface area contributed by atoms with Crippen molar-refractivity contribution in [3.8, 4) is 0 Å². The number of rotatable bonds is 5. The minimum absolute atomic E-state index is 0.179. The van der Waals surface area contributed by atoms with E-state index in [1.54, 1.807) is 11.3 Å². The highest BCUT2D eigenvalue weighted by Gasteiger charge is 2.26. The minimum Gasteiger partial charge on any atom is -0.342 e. The van der Waals surface area contributed by atoms with E-state index in [0.717, 1.165) is 54.4 Å². The molecule has 1 aliphatic rings. The van der Waals surface area contributed by atoms with E-state index < -0.39 is 0 Å². The molecule has 4 nitrogen and oxygen atoms in total. The average Bonchev–Trinajstić information content (AvgIpc) is 3.14. The molecule has 0 unspecified atom stereocenters. The van der Waals surface area contributed by atoms with Gasteiger partial charge in [0.2, 0.25) is 5.91 Å². The Labute approximate surface area is 183 Å². The van der Waals surface area contributed by atoms with Crippen LogP contribution in [0.25, 0.3) is 0 Å². The van der Waals surface area contributed by atoms with Crippen LogP contribution in [0.1, 0.15) is 57.5 Å². The SMILES string of the molecule is Cc1cc(Cc2ccccc2C)cc([C@H]2CCCN(C(=O)Cc3csc(C)n3)C2)n1. The smallest absolute Gasteiger partial charge is 0.228 e. The second kappa shape index (κ2) is 9.09. The van der Waals surface area contributed by atoms with Gasteiger partial charge in [0.05, 0.1) is 17.1 Å². The molecule has 3 heterocycles. The van der Waals surface area contributed by atoms with Crippen LogP contribution in [0.4, 0.5) is 0 Å². The molecule has 156 valence electrons. The highest BCUT2D eigenvalue weighted by molar-refractivity contribution is 7.09. The third-order valence-corrected chi connectivity index (χ3v) is 6.70. The summed E-state index contributed by atoms with van der Waals surface area (Å²) < 4.78 is 0. The maximum atomic E-state index is 12.8. The quantitative estimate of drug-likeness (QED) is 0.584. The van der Waals surface area contributed by atoms with E-state index in [1.165, 1.54) is 16.7 Å². The largest absolute Gasteiger partial charge is 0.342 e. The Morgan fingerprint density at radius 2 is 2.00 bits per heavy atom. The molecule has 4 rings (SSSR count). The maximum Gasteiger partial charge on any atom is 0.228 e. The van der Waals surface area contributed by atoms with Crippen molar-refractivity contribution in [3.63, 3.8) is 0 Å². The summed E-state index contributed by atoms with van der Waals surface area (Å²) in [5.74, 6) is 0.480. The van der Waals surface area contributed by atoms with Gasteiger partial charge in [-0.25, -0.2) is 4.98 Å². The molecule has 0 radical (unpaired) electrons. The fourth-order valence-corrected chi connectivity index (χ4v) is 4.92. The Morgan fingerprint density at radius 3 is 2.77 bits per heavy atom. The molecule has 1 amide bonds. The van der Waals surface area contributed by atoms with Crippen LogP contribution in [0, 0.1) is 20.8 Å². The first-order chi connectivity index (χ1) is 14.5. The van der Waals surface area contributed by atoms with Gasteiger partial charge in [0.1, 0.15) is 0 Å². The van der Waals surface area contributed by atoms with E-state index in [0.29, 0.717) is 12.3 Å².